The first-order valence-corrected chi connectivity index (χ1v) is 12.7. The van der Waals surface area contributed by atoms with Gasteiger partial charge in [-0.1, -0.05) is 0 Å². The van der Waals surface area contributed by atoms with E-state index in [9.17, 15) is 22.8 Å². The molecule has 2 aliphatic heterocycles. The lowest BCUT2D eigenvalue weighted by Crippen LogP contribution is -2.40. The van der Waals surface area contributed by atoms with Gasteiger partial charge in [0.1, 0.15) is 23.1 Å². The maximum atomic E-state index is 12.8. The normalized spacial score (nSPS) is 18.8. The van der Waals surface area contributed by atoms with Crippen LogP contribution < -0.4 is 15.0 Å². The van der Waals surface area contributed by atoms with Crippen LogP contribution >= 0.6 is 0 Å². The molecule has 0 radical (unpaired) electrons. The van der Waals surface area contributed by atoms with Crippen LogP contribution in [0.4, 0.5) is 23.7 Å². The number of anilines is 1. The van der Waals surface area contributed by atoms with Crippen molar-refractivity contribution >= 4 is 17.7 Å². The highest BCUT2D eigenvalue weighted by molar-refractivity contribution is 5.92. The van der Waals surface area contributed by atoms with Crippen LogP contribution in [0, 0.1) is 0 Å². The fourth-order valence-electron chi connectivity index (χ4n) is 4.50. The van der Waals surface area contributed by atoms with Crippen LogP contribution in [-0.4, -0.2) is 65.8 Å². The third-order valence-electron chi connectivity index (χ3n) is 6.45. The Hall–Kier alpha value is -3.50. The summed E-state index contributed by atoms with van der Waals surface area (Å²) in [5, 5.41) is 2.92. The molecule has 11 heteroatoms. The zero-order valence-electron chi connectivity index (χ0n) is 21.8. The van der Waals surface area contributed by atoms with Gasteiger partial charge in [-0.05, 0) is 63.6 Å². The van der Waals surface area contributed by atoms with E-state index in [1.807, 2.05) is 25.7 Å². The smallest absolute Gasteiger partial charge is 0.416 e. The molecule has 206 valence electrons. The van der Waals surface area contributed by atoms with E-state index in [0.29, 0.717) is 51.2 Å². The summed E-state index contributed by atoms with van der Waals surface area (Å²) in [5.74, 6) is 0.226. The summed E-state index contributed by atoms with van der Waals surface area (Å²) < 4.78 is 49.8. The molecule has 0 aliphatic carbocycles. The van der Waals surface area contributed by atoms with Gasteiger partial charge in [-0.25, -0.2) is 9.78 Å². The quantitative estimate of drug-likeness (QED) is 0.588. The maximum Gasteiger partial charge on any atom is 0.416 e. The number of likely N-dealkylation sites (tertiary alicyclic amines) is 1. The minimum absolute atomic E-state index is 0.0560. The van der Waals surface area contributed by atoms with E-state index >= 15 is 0 Å². The second kappa shape index (κ2) is 11.1. The first-order valence-electron chi connectivity index (χ1n) is 12.7. The van der Waals surface area contributed by atoms with Crippen LogP contribution in [0.1, 0.15) is 56.1 Å². The standard InChI is InChI=1S/C27H33F3N4O4/c1-26(2,3)38-25(36)34-13-10-19(17-34)32-24(35)23-9-8-22(16-31-23)37-21-11-14-33(15-12-21)20-6-4-18(5-7-20)27(28,29)30/h4-9,16,19,21H,10-15,17H2,1-3H3,(H,32,35)/t19-/m0/s1. The number of rotatable bonds is 5. The molecule has 0 saturated carbocycles. The molecule has 3 heterocycles. The lowest BCUT2D eigenvalue weighted by molar-refractivity contribution is -0.137. The molecular weight excluding hydrogens is 501 g/mol. The van der Waals surface area contributed by atoms with Gasteiger partial charge in [-0.3, -0.25) is 4.79 Å². The van der Waals surface area contributed by atoms with E-state index in [1.165, 1.54) is 18.3 Å². The summed E-state index contributed by atoms with van der Waals surface area (Å²) in [6.45, 7) is 7.64. The number of hydrogen-bond donors (Lipinski definition) is 1. The van der Waals surface area contributed by atoms with Crippen molar-refractivity contribution in [3.05, 3.63) is 53.9 Å². The number of amides is 2. The van der Waals surface area contributed by atoms with Gasteiger partial charge >= 0.3 is 12.3 Å². The number of piperidine rings is 1. The van der Waals surface area contributed by atoms with Gasteiger partial charge in [0.25, 0.3) is 5.91 Å². The summed E-state index contributed by atoms with van der Waals surface area (Å²) in [5.41, 5.74) is -0.222. The largest absolute Gasteiger partial charge is 0.489 e. The lowest BCUT2D eigenvalue weighted by Gasteiger charge is -2.33. The van der Waals surface area contributed by atoms with Crippen molar-refractivity contribution in [2.45, 2.75) is 64.0 Å². The van der Waals surface area contributed by atoms with Crippen molar-refractivity contribution in [1.29, 1.82) is 0 Å². The minimum atomic E-state index is -4.34. The van der Waals surface area contributed by atoms with Gasteiger partial charge < -0.3 is 24.6 Å². The van der Waals surface area contributed by atoms with Gasteiger partial charge in [0, 0.05) is 50.7 Å². The molecule has 2 aliphatic rings. The van der Waals surface area contributed by atoms with E-state index in [1.54, 1.807) is 17.0 Å². The number of pyridine rings is 1. The zero-order chi connectivity index (χ0) is 27.5. The number of aromatic nitrogens is 1. The zero-order valence-corrected chi connectivity index (χ0v) is 21.8. The summed E-state index contributed by atoms with van der Waals surface area (Å²) in [7, 11) is 0. The Balaban J connectivity index is 1.22. The molecule has 8 nitrogen and oxygen atoms in total. The van der Waals surface area contributed by atoms with Crippen LogP contribution in [-0.2, 0) is 10.9 Å². The predicted octanol–water partition coefficient (Wildman–Crippen LogP) is 4.89. The summed E-state index contributed by atoms with van der Waals surface area (Å²) >= 11 is 0. The molecule has 2 amide bonds. The molecular formula is C27H33F3N4O4. The van der Waals surface area contributed by atoms with Crippen molar-refractivity contribution in [2.75, 3.05) is 31.1 Å². The van der Waals surface area contributed by atoms with Gasteiger partial charge in [0.15, 0.2) is 0 Å². The highest BCUT2D eigenvalue weighted by Crippen LogP contribution is 2.31. The van der Waals surface area contributed by atoms with E-state index in [0.717, 1.165) is 17.8 Å². The van der Waals surface area contributed by atoms with Crippen molar-refractivity contribution in [3.8, 4) is 5.75 Å². The van der Waals surface area contributed by atoms with Crippen LogP contribution in [0.5, 0.6) is 5.75 Å². The molecule has 0 unspecified atom stereocenters. The Bertz CT molecular complexity index is 1110. The molecule has 1 aromatic carbocycles. The molecule has 0 spiro atoms. The molecule has 1 atom stereocenters. The van der Waals surface area contributed by atoms with Gasteiger partial charge in [0.05, 0.1) is 11.8 Å². The number of hydrogen-bond acceptors (Lipinski definition) is 6. The molecule has 0 bridgehead atoms. The average Bonchev–Trinajstić information content (AvgIpc) is 3.32. The van der Waals surface area contributed by atoms with Gasteiger partial charge in [-0.2, -0.15) is 13.2 Å². The average molecular weight is 535 g/mol. The second-order valence-corrected chi connectivity index (χ2v) is 10.6. The van der Waals surface area contributed by atoms with E-state index in [2.05, 4.69) is 10.3 Å². The predicted molar refractivity (Wildman–Crippen MR) is 135 cm³/mol. The van der Waals surface area contributed by atoms with Crippen LogP contribution in [0.2, 0.25) is 0 Å². The van der Waals surface area contributed by atoms with Crippen molar-refractivity contribution in [2.24, 2.45) is 0 Å². The molecule has 1 N–H and O–H groups in total. The molecule has 2 saturated heterocycles. The van der Waals surface area contributed by atoms with Crippen LogP contribution in [0.3, 0.4) is 0 Å². The number of halogens is 3. The van der Waals surface area contributed by atoms with Crippen molar-refractivity contribution < 1.29 is 32.2 Å². The highest BCUT2D eigenvalue weighted by Gasteiger charge is 2.32. The number of carbonyl (C=O) groups is 2. The van der Waals surface area contributed by atoms with E-state index < -0.39 is 17.3 Å². The molecule has 4 rings (SSSR count). The Kier molecular flexibility index (Phi) is 8.03. The first kappa shape index (κ1) is 27.5. The first-order chi connectivity index (χ1) is 17.9. The number of ether oxygens (including phenoxy) is 2. The van der Waals surface area contributed by atoms with Crippen LogP contribution in [0.15, 0.2) is 42.6 Å². The molecule has 2 fully saturated rings. The molecule has 38 heavy (non-hydrogen) atoms. The Morgan fingerprint density at radius 2 is 1.66 bits per heavy atom. The van der Waals surface area contributed by atoms with Gasteiger partial charge in [-0.15, -0.1) is 0 Å². The summed E-state index contributed by atoms with van der Waals surface area (Å²) in [6.07, 6.45) is -1.23. The lowest BCUT2D eigenvalue weighted by atomic mass is 10.1. The molecule has 1 aromatic heterocycles. The fourth-order valence-corrected chi connectivity index (χ4v) is 4.50. The molecule has 2 aromatic rings. The Morgan fingerprint density at radius 1 is 0.974 bits per heavy atom. The Morgan fingerprint density at radius 3 is 2.24 bits per heavy atom. The van der Waals surface area contributed by atoms with E-state index in [-0.39, 0.29) is 29.8 Å². The second-order valence-electron chi connectivity index (χ2n) is 10.6. The monoisotopic (exact) mass is 534 g/mol. The van der Waals surface area contributed by atoms with Gasteiger partial charge in [0.2, 0.25) is 0 Å². The number of carbonyl (C=O) groups excluding carboxylic acids is 2. The highest BCUT2D eigenvalue weighted by atomic mass is 19.4. The van der Waals surface area contributed by atoms with Crippen molar-refractivity contribution in [3.63, 3.8) is 0 Å². The fraction of sp³-hybridized carbons (Fsp3) is 0.519. The topological polar surface area (TPSA) is 84.0 Å². The van der Waals surface area contributed by atoms with E-state index in [4.69, 9.17) is 9.47 Å². The third kappa shape index (κ3) is 7.29. The third-order valence-corrected chi connectivity index (χ3v) is 6.45. The number of nitrogens with one attached hydrogen (secondary N) is 1. The number of alkyl halides is 3. The number of benzene rings is 1. The minimum Gasteiger partial charge on any atom is -0.489 e. The van der Waals surface area contributed by atoms with Crippen LogP contribution in [0.25, 0.3) is 0 Å². The van der Waals surface area contributed by atoms with Crippen molar-refractivity contribution in [1.82, 2.24) is 15.2 Å². The number of nitrogens with zero attached hydrogens (tertiary/aromatic N) is 3. The summed E-state index contributed by atoms with van der Waals surface area (Å²) in [6, 6.07) is 8.32. The SMILES string of the molecule is CC(C)(C)OC(=O)N1CC[C@H](NC(=O)c2ccc(OC3CCN(c4ccc(C(F)(F)F)cc4)CC3)cn2)C1. The summed E-state index contributed by atoms with van der Waals surface area (Å²) in [4.78, 5) is 32.7. The maximum absolute atomic E-state index is 12.8. The Labute approximate surface area is 220 Å².